The van der Waals surface area contributed by atoms with Gasteiger partial charge in [-0.25, -0.2) is 4.79 Å². The van der Waals surface area contributed by atoms with Gasteiger partial charge in [-0.2, -0.15) is 0 Å². The number of aryl methyl sites for hydroxylation is 2. The Morgan fingerprint density at radius 2 is 2.16 bits per heavy atom. The van der Waals surface area contributed by atoms with Crippen LogP contribution in [0.3, 0.4) is 0 Å². The molecule has 0 spiro atoms. The standard InChI is InChI=1S/C14H14N2O3/c1-10-4-5-12(14(18)19)13(17)16(10)8-6-11-3-2-7-15-9-11/h2-5,7,9H,6,8H2,1H3,(H,18,19). The largest absolute Gasteiger partial charge is 0.477 e. The van der Waals surface area contributed by atoms with Crippen molar-refractivity contribution in [1.29, 1.82) is 0 Å². The lowest BCUT2D eigenvalue weighted by molar-refractivity contribution is 0.0694. The van der Waals surface area contributed by atoms with Gasteiger partial charge >= 0.3 is 5.97 Å². The van der Waals surface area contributed by atoms with Gasteiger partial charge in [0.25, 0.3) is 5.56 Å². The molecule has 0 aliphatic carbocycles. The number of pyridine rings is 2. The van der Waals surface area contributed by atoms with Gasteiger partial charge in [0.1, 0.15) is 5.56 Å². The Labute approximate surface area is 110 Å². The number of aromatic nitrogens is 2. The van der Waals surface area contributed by atoms with Crippen LogP contribution in [0.5, 0.6) is 0 Å². The molecule has 98 valence electrons. The molecule has 0 saturated heterocycles. The summed E-state index contributed by atoms with van der Waals surface area (Å²) in [6, 6.07) is 6.75. The van der Waals surface area contributed by atoms with E-state index in [0.29, 0.717) is 13.0 Å². The summed E-state index contributed by atoms with van der Waals surface area (Å²) in [5.74, 6) is -1.19. The zero-order chi connectivity index (χ0) is 13.8. The predicted molar refractivity (Wildman–Crippen MR) is 70.3 cm³/mol. The molecule has 0 saturated carbocycles. The molecule has 0 unspecified atom stereocenters. The minimum absolute atomic E-state index is 0.197. The molecule has 5 heteroatoms. The molecule has 1 N–H and O–H groups in total. The van der Waals surface area contributed by atoms with Crippen LogP contribution in [0.2, 0.25) is 0 Å². The van der Waals surface area contributed by atoms with Crippen molar-refractivity contribution in [3.63, 3.8) is 0 Å². The number of hydrogen-bond donors (Lipinski definition) is 1. The summed E-state index contributed by atoms with van der Waals surface area (Å²) in [4.78, 5) is 27.0. The lowest BCUT2D eigenvalue weighted by atomic mass is 10.2. The van der Waals surface area contributed by atoms with E-state index < -0.39 is 11.5 Å². The van der Waals surface area contributed by atoms with Gasteiger partial charge in [0.05, 0.1) is 0 Å². The highest BCUT2D eigenvalue weighted by molar-refractivity contribution is 5.87. The molecule has 19 heavy (non-hydrogen) atoms. The van der Waals surface area contributed by atoms with Crippen LogP contribution < -0.4 is 5.56 Å². The fourth-order valence-electron chi connectivity index (χ4n) is 1.90. The second-order valence-corrected chi connectivity index (χ2v) is 4.26. The quantitative estimate of drug-likeness (QED) is 0.901. The fraction of sp³-hybridized carbons (Fsp3) is 0.214. The van der Waals surface area contributed by atoms with Crippen LogP contribution in [0.25, 0.3) is 0 Å². The molecule has 0 amide bonds. The van der Waals surface area contributed by atoms with Crippen LogP contribution in [0, 0.1) is 6.92 Å². The van der Waals surface area contributed by atoms with Crippen LogP contribution >= 0.6 is 0 Å². The van der Waals surface area contributed by atoms with E-state index in [9.17, 15) is 9.59 Å². The van der Waals surface area contributed by atoms with E-state index in [1.54, 1.807) is 25.4 Å². The molecule has 0 aromatic carbocycles. The fourth-order valence-corrected chi connectivity index (χ4v) is 1.90. The summed E-state index contributed by atoms with van der Waals surface area (Å²) in [6.07, 6.45) is 4.06. The van der Waals surface area contributed by atoms with E-state index in [2.05, 4.69) is 4.98 Å². The average molecular weight is 258 g/mol. The van der Waals surface area contributed by atoms with E-state index in [1.807, 2.05) is 12.1 Å². The number of carboxylic acids is 1. The molecule has 2 rings (SSSR count). The predicted octanol–water partition coefficient (Wildman–Crippen LogP) is 1.49. The monoisotopic (exact) mass is 258 g/mol. The summed E-state index contributed by atoms with van der Waals surface area (Å²) in [6.45, 7) is 2.23. The van der Waals surface area contributed by atoms with E-state index in [0.717, 1.165) is 11.3 Å². The number of hydrogen-bond acceptors (Lipinski definition) is 3. The van der Waals surface area contributed by atoms with Gasteiger partial charge in [-0.1, -0.05) is 6.07 Å². The van der Waals surface area contributed by atoms with E-state index in [4.69, 9.17) is 5.11 Å². The van der Waals surface area contributed by atoms with E-state index >= 15 is 0 Å². The number of carbonyl (C=O) groups is 1. The van der Waals surface area contributed by atoms with Gasteiger partial charge in [0.2, 0.25) is 0 Å². The minimum Gasteiger partial charge on any atom is -0.477 e. The third-order valence-corrected chi connectivity index (χ3v) is 2.97. The molecule has 2 heterocycles. The molecule has 0 bridgehead atoms. The first-order valence-electron chi connectivity index (χ1n) is 5.92. The van der Waals surface area contributed by atoms with Crippen molar-refractivity contribution in [1.82, 2.24) is 9.55 Å². The van der Waals surface area contributed by atoms with Gasteiger partial charge < -0.3 is 9.67 Å². The van der Waals surface area contributed by atoms with Crippen LogP contribution in [-0.2, 0) is 13.0 Å². The Morgan fingerprint density at radius 3 is 2.79 bits per heavy atom. The van der Waals surface area contributed by atoms with Crippen LogP contribution in [0.1, 0.15) is 21.6 Å². The first-order chi connectivity index (χ1) is 9.09. The zero-order valence-corrected chi connectivity index (χ0v) is 10.5. The summed E-state index contributed by atoms with van der Waals surface area (Å²) in [5, 5.41) is 8.94. The van der Waals surface area contributed by atoms with Gasteiger partial charge in [-0.05, 0) is 37.1 Å². The molecular weight excluding hydrogens is 244 g/mol. The molecular formula is C14H14N2O3. The molecule has 0 fully saturated rings. The molecule has 0 atom stereocenters. The van der Waals surface area contributed by atoms with Crippen molar-refractivity contribution >= 4 is 5.97 Å². The topological polar surface area (TPSA) is 72.2 Å². The molecule has 0 aliphatic rings. The van der Waals surface area contributed by atoms with Crippen molar-refractivity contribution in [2.24, 2.45) is 0 Å². The van der Waals surface area contributed by atoms with Crippen molar-refractivity contribution in [2.45, 2.75) is 19.9 Å². The van der Waals surface area contributed by atoms with Crippen LogP contribution in [0.4, 0.5) is 0 Å². The number of nitrogens with zero attached hydrogens (tertiary/aromatic N) is 2. The van der Waals surface area contributed by atoms with Crippen molar-refractivity contribution < 1.29 is 9.90 Å². The summed E-state index contributed by atoms with van der Waals surface area (Å²) in [5.41, 5.74) is 1.10. The second-order valence-electron chi connectivity index (χ2n) is 4.26. The van der Waals surface area contributed by atoms with E-state index in [-0.39, 0.29) is 5.56 Å². The van der Waals surface area contributed by atoms with Gasteiger partial charge in [-0.15, -0.1) is 0 Å². The van der Waals surface area contributed by atoms with Crippen molar-refractivity contribution in [3.8, 4) is 0 Å². The van der Waals surface area contributed by atoms with Gasteiger partial charge in [0.15, 0.2) is 0 Å². The van der Waals surface area contributed by atoms with Gasteiger partial charge in [0, 0.05) is 24.6 Å². The average Bonchev–Trinajstić information content (AvgIpc) is 2.39. The van der Waals surface area contributed by atoms with Crippen molar-refractivity contribution in [3.05, 3.63) is 63.8 Å². The Bertz CT molecular complexity index is 647. The Balaban J connectivity index is 2.28. The molecule has 5 nitrogen and oxygen atoms in total. The highest BCUT2D eigenvalue weighted by Gasteiger charge is 2.12. The molecule has 0 radical (unpaired) electrons. The highest BCUT2D eigenvalue weighted by atomic mass is 16.4. The Hall–Kier alpha value is -2.43. The van der Waals surface area contributed by atoms with E-state index in [1.165, 1.54) is 10.6 Å². The maximum atomic E-state index is 12.0. The Kier molecular flexibility index (Phi) is 3.75. The summed E-state index contributed by atoms with van der Waals surface area (Å²) < 4.78 is 1.48. The molecule has 2 aromatic heterocycles. The van der Waals surface area contributed by atoms with Crippen LogP contribution in [-0.4, -0.2) is 20.6 Å². The summed E-state index contributed by atoms with van der Waals surface area (Å²) in [7, 11) is 0. The number of carboxylic acid groups (broad SMARTS) is 1. The summed E-state index contributed by atoms with van der Waals surface area (Å²) >= 11 is 0. The van der Waals surface area contributed by atoms with Gasteiger partial charge in [-0.3, -0.25) is 9.78 Å². The first kappa shape index (κ1) is 13.0. The maximum Gasteiger partial charge on any atom is 0.341 e. The smallest absolute Gasteiger partial charge is 0.341 e. The normalized spacial score (nSPS) is 10.4. The first-order valence-corrected chi connectivity index (χ1v) is 5.92. The Morgan fingerprint density at radius 1 is 1.37 bits per heavy atom. The van der Waals surface area contributed by atoms with Crippen molar-refractivity contribution in [2.75, 3.05) is 0 Å². The number of aromatic carboxylic acids is 1. The minimum atomic E-state index is -1.19. The SMILES string of the molecule is Cc1ccc(C(=O)O)c(=O)n1CCc1cccnc1. The maximum absolute atomic E-state index is 12.0. The third-order valence-electron chi connectivity index (χ3n) is 2.97. The zero-order valence-electron chi connectivity index (χ0n) is 10.5. The second kappa shape index (κ2) is 5.48. The third kappa shape index (κ3) is 2.88. The van der Waals surface area contributed by atoms with Crippen LogP contribution in [0.15, 0.2) is 41.5 Å². The lowest BCUT2D eigenvalue weighted by Crippen LogP contribution is -2.28. The highest BCUT2D eigenvalue weighted by Crippen LogP contribution is 2.03. The lowest BCUT2D eigenvalue weighted by Gasteiger charge is -2.10. The molecule has 0 aliphatic heterocycles. The number of rotatable bonds is 4. The molecule has 2 aromatic rings.